The van der Waals surface area contributed by atoms with E-state index in [0.29, 0.717) is 23.4 Å². The predicted molar refractivity (Wildman–Crippen MR) is 108 cm³/mol. The van der Waals surface area contributed by atoms with Gasteiger partial charge in [0.05, 0.1) is 10.4 Å². The van der Waals surface area contributed by atoms with Crippen molar-refractivity contribution < 1.29 is 13.2 Å². The van der Waals surface area contributed by atoms with Gasteiger partial charge in [-0.1, -0.05) is 11.6 Å². The van der Waals surface area contributed by atoms with Crippen LogP contribution in [-0.2, 0) is 14.8 Å². The molecule has 0 saturated carbocycles. The molecular formula is C13H22ClIN4O3S2. The molecule has 1 unspecified atom stereocenters. The van der Waals surface area contributed by atoms with Gasteiger partial charge in [0.1, 0.15) is 4.21 Å². The van der Waals surface area contributed by atoms with Crippen LogP contribution in [-0.4, -0.2) is 53.8 Å². The van der Waals surface area contributed by atoms with Gasteiger partial charge in [-0.15, -0.1) is 35.3 Å². The quantitative estimate of drug-likeness (QED) is 0.225. The molecule has 11 heteroatoms. The summed E-state index contributed by atoms with van der Waals surface area (Å²) < 4.78 is 32.7. The maximum absolute atomic E-state index is 12.0. The van der Waals surface area contributed by atoms with Gasteiger partial charge in [0, 0.05) is 33.3 Å². The second-order valence-electron chi connectivity index (χ2n) is 4.97. The molecule has 1 aromatic rings. The van der Waals surface area contributed by atoms with Gasteiger partial charge in [-0.3, -0.25) is 4.99 Å². The van der Waals surface area contributed by atoms with Crippen LogP contribution in [0.2, 0.25) is 4.34 Å². The van der Waals surface area contributed by atoms with Crippen molar-refractivity contribution in [3.8, 4) is 0 Å². The number of ether oxygens (including phenoxy) is 1. The summed E-state index contributed by atoms with van der Waals surface area (Å²) in [7, 11) is -1.84. The van der Waals surface area contributed by atoms with Crippen LogP contribution >= 0.6 is 46.9 Å². The van der Waals surface area contributed by atoms with Crippen molar-refractivity contribution in [2.75, 3.05) is 33.3 Å². The first-order valence-electron chi connectivity index (χ1n) is 7.32. The fourth-order valence-electron chi connectivity index (χ4n) is 2.12. The van der Waals surface area contributed by atoms with Crippen LogP contribution in [0.15, 0.2) is 21.3 Å². The van der Waals surface area contributed by atoms with Crippen LogP contribution < -0.4 is 15.4 Å². The van der Waals surface area contributed by atoms with Crippen molar-refractivity contribution in [2.24, 2.45) is 4.99 Å². The first-order valence-corrected chi connectivity index (χ1v) is 10.00. The molecule has 138 valence electrons. The van der Waals surface area contributed by atoms with Gasteiger partial charge in [-0.05, 0) is 25.0 Å². The van der Waals surface area contributed by atoms with Crippen LogP contribution in [0.1, 0.15) is 12.8 Å². The lowest BCUT2D eigenvalue weighted by Gasteiger charge is -2.15. The SMILES string of the molecule is CN=C(NCCNS(=O)(=O)c1ccc(Cl)s1)NCC1CCCO1.I. The zero-order valence-corrected chi connectivity index (χ0v) is 18.0. The van der Waals surface area contributed by atoms with Crippen LogP contribution in [0, 0.1) is 0 Å². The van der Waals surface area contributed by atoms with Crippen molar-refractivity contribution in [3.05, 3.63) is 16.5 Å². The minimum absolute atomic E-state index is 0. The maximum Gasteiger partial charge on any atom is 0.250 e. The first kappa shape index (κ1) is 21.9. The van der Waals surface area contributed by atoms with E-state index < -0.39 is 10.0 Å². The molecule has 0 amide bonds. The highest BCUT2D eigenvalue weighted by molar-refractivity contribution is 14.0. The lowest BCUT2D eigenvalue weighted by molar-refractivity contribution is 0.114. The summed E-state index contributed by atoms with van der Waals surface area (Å²) >= 11 is 6.79. The van der Waals surface area contributed by atoms with Gasteiger partial charge in [0.15, 0.2) is 5.96 Å². The topological polar surface area (TPSA) is 91.8 Å². The van der Waals surface area contributed by atoms with E-state index in [1.807, 2.05) is 0 Å². The molecule has 7 nitrogen and oxygen atoms in total. The number of hydrogen-bond acceptors (Lipinski definition) is 5. The van der Waals surface area contributed by atoms with E-state index in [4.69, 9.17) is 16.3 Å². The second-order valence-corrected chi connectivity index (χ2v) is 8.68. The molecule has 0 aliphatic carbocycles. The van der Waals surface area contributed by atoms with E-state index in [2.05, 4.69) is 20.3 Å². The minimum Gasteiger partial charge on any atom is -0.376 e. The number of nitrogens with one attached hydrogen (secondary N) is 3. The molecule has 1 saturated heterocycles. The number of guanidine groups is 1. The van der Waals surface area contributed by atoms with Crippen molar-refractivity contribution >= 4 is 62.9 Å². The summed E-state index contributed by atoms with van der Waals surface area (Å²) in [6.07, 6.45) is 2.36. The Balaban J connectivity index is 0.00000288. The number of hydrogen-bond donors (Lipinski definition) is 3. The van der Waals surface area contributed by atoms with Gasteiger partial charge in [-0.2, -0.15) is 0 Å². The summed E-state index contributed by atoms with van der Waals surface area (Å²) in [5, 5.41) is 6.22. The van der Waals surface area contributed by atoms with Crippen molar-refractivity contribution in [3.63, 3.8) is 0 Å². The average molecular weight is 509 g/mol. The molecule has 0 radical (unpaired) electrons. The van der Waals surface area contributed by atoms with Crippen LogP contribution in [0.25, 0.3) is 0 Å². The standard InChI is InChI=1S/C13H21ClN4O3S2.HI/c1-15-13(17-9-10-3-2-8-21-10)16-6-7-18-23(19,20)12-5-4-11(14)22-12;/h4-5,10,18H,2-3,6-9H2,1H3,(H2,15,16,17);1H. The number of halogens is 2. The monoisotopic (exact) mass is 508 g/mol. The Morgan fingerprint density at radius 1 is 1.42 bits per heavy atom. The zero-order chi connectivity index (χ0) is 16.7. The Hall–Kier alpha value is -0.140. The minimum atomic E-state index is -3.51. The Labute approximate surface area is 168 Å². The molecule has 3 N–H and O–H groups in total. The lowest BCUT2D eigenvalue weighted by Crippen LogP contribution is -2.43. The highest BCUT2D eigenvalue weighted by atomic mass is 127. The average Bonchev–Trinajstić information content (AvgIpc) is 3.18. The first-order chi connectivity index (χ1) is 11.0. The van der Waals surface area contributed by atoms with Crippen molar-refractivity contribution in [1.29, 1.82) is 0 Å². The number of aliphatic imine (C=N–C) groups is 1. The Bertz CT molecular complexity index is 633. The fraction of sp³-hybridized carbons (Fsp3) is 0.615. The summed E-state index contributed by atoms with van der Waals surface area (Å²) in [6.45, 7) is 2.17. The van der Waals surface area contributed by atoms with Crippen LogP contribution in [0.5, 0.6) is 0 Å². The third-order valence-electron chi connectivity index (χ3n) is 3.27. The Morgan fingerprint density at radius 2 is 2.21 bits per heavy atom. The molecule has 1 aliphatic heterocycles. The molecule has 0 spiro atoms. The molecule has 2 heterocycles. The van der Waals surface area contributed by atoms with E-state index >= 15 is 0 Å². The number of nitrogens with zero attached hydrogens (tertiary/aromatic N) is 1. The molecular weight excluding hydrogens is 487 g/mol. The molecule has 1 aliphatic rings. The van der Waals surface area contributed by atoms with E-state index in [1.54, 1.807) is 13.1 Å². The third-order valence-corrected chi connectivity index (χ3v) is 6.45. The molecule has 1 fully saturated rings. The number of sulfonamides is 1. The predicted octanol–water partition coefficient (Wildman–Crippen LogP) is 1.64. The smallest absolute Gasteiger partial charge is 0.250 e. The van der Waals surface area contributed by atoms with Gasteiger partial charge in [0.2, 0.25) is 10.0 Å². The van der Waals surface area contributed by atoms with E-state index in [9.17, 15) is 8.42 Å². The van der Waals surface area contributed by atoms with Crippen molar-refractivity contribution in [2.45, 2.75) is 23.2 Å². The molecule has 2 rings (SSSR count). The van der Waals surface area contributed by atoms with Crippen LogP contribution in [0.3, 0.4) is 0 Å². The Morgan fingerprint density at radius 3 is 2.79 bits per heavy atom. The summed E-state index contributed by atoms with van der Waals surface area (Å²) in [5.41, 5.74) is 0. The summed E-state index contributed by atoms with van der Waals surface area (Å²) in [6, 6.07) is 3.06. The van der Waals surface area contributed by atoms with Crippen LogP contribution in [0.4, 0.5) is 0 Å². The highest BCUT2D eigenvalue weighted by Crippen LogP contribution is 2.25. The Kier molecular flexibility index (Phi) is 9.82. The van der Waals surface area contributed by atoms with Crippen molar-refractivity contribution in [1.82, 2.24) is 15.4 Å². The van der Waals surface area contributed by atoms with E-state index in [0.717, 1.165) is 30.8 Å². The fourth-order valence-corrected chi connectivity index (χ4v) is 4.68. The highest BCUT2D eigenvalue weighted by Gasteiger charge is 2.17. The molecule has 1 atom stereocenters. The summed E-state index contributed by atoms with van der Waals surface area (Å²) in [4.78, 5) is 4.09. The molecule has 24 heavy (non-hydrogen) atoms. The number of rotatable bonds is 7. The van der Waals surface area contributed by atoms with Gasteiger partial charge in [0.25, 0.3) is 0 Å². The number of thiophene rings is 1. The maximum atomic E-state index is 12.0. The van der Waals surface area contributed by atoms with Gasteiger partial charge >= 0.3 is 0 Å². The van der Waals surface area contributed by atoms with Gasteiger partial charge < -0.3 is 15.4 Å². The van der Waals surface area contributed by atoms with Gasteiger partial charge in [-0.25, -0.2) is 13.1 Å². The second kappa shape index (κ2) is 10.8. The molecule has 0 aromatic carbocycles. The van der Waals surface area contributed by atoms with E-state index in [-0.39, 0.29) is 40.8 Å². The summed E-state index contributed by atoms with van der Waals surface area (Å²) in [5.74, 6) is 0.624. The largest absolute Gasteiger partial charge is 0.376 e. The molecule has 0 bridgehead atoms. The zero-order valence-electron chi connectivity index (χ0n) is 13.2. The lowest BCUT2D eigenvalue weighted by atomic mass is 10.2. The molecule has 1 aromatic heterocycles. The normalized spacial score (nSPS) is 18.2. The third kappa shape index (κ3) is 7.00. The van der Waals surface area contributed by atoms with E-state index in [1.165, 1.54) is 6.07 Å².